The predicted molar refractivity (Wildman–Crippen MR) is 156 cm³/mol. The number of ether oxygens (including phenoxy) is 1. The van der Waals surface area contributed by atoms with Gasteiger partial charge in [-0.25, -0.2) is 19.6 Å². The van der Waals surface area contributed by atoms with Crippen LogP contribution in [-0.2, 0) is 11.2 Å². The van der Waals surface area contributed by atoms with E-state index in [4.69, 9.17) is 4.74 Å². The molecule has 1 heterocycles. The summed E-state index contributed by atoms with van der Waals surface area (Å²) in [4.78, 5) is 33.5. The number of unbranched alkanes of at least 4 members (excludes halogenated alkanes) is 7. The number of aromatic nitrogens is 2. The Kier molecular flexibility index (Phi) is 12.5. The molecule has 0 fully saturated rings. The number of carboxylic acids is 1. The van der Waals surface area contributed by atoms with Gasteiger partial charge in [-0.3, -0.25) is 0 Å². The van der Waals surface area contributed by atoms with Gasteiger partial charge in [0.05, 0.1) is 11.1 Å². The third kappa shape index (κ3) is 9.67. The maximum absolute atomic E-state index is 13.5. The van der Waals surface area contributed by atoms with Crippen molar-refractivity contribution in [2.75, 3.05) is 0 Å². The highest BCUT2D eigenvalue weighted by Gasteiger charge is 2.42. The van der Waals surface area contributed by atoms with E-state index in [1.165, 1.54) is 49.6 Å². The van der Waals surface area contributed by atoms with E-state index in [0.29, 0.717) is 35.4 Å². The van der Waals surface area contributed by atoms with E-state index in [1.54, 1.807) is 24.5 Å². The minimum absolute atomic E-state index is 0.0296. The van der Waals surface area contributed by atoms with Crippen molar-refractivity contribution in [3.8, 4) is 22.5 Å². The molecule has 42 heavy (non-hydrogen) atoms. The van der Waals surface area contributed by atoms with E-state index >= 15 is 0 Å². The molecule has 1 unspecified atom stereocenters. The van der Waals surface area contributed by atoms with E-state index < -0.39 is 24.2 Å². The summed E-state index contributed by atoms with van der Waals surface area (Å²) in [7, 11) is 0. The molecule has 1 aromatic heterocycles. The van der Waals surface area contributed by atoms with Crippen LogP contribution in [0.25, 0.3) is 22.5 Å². The van der Waals surface area contributed by atoms with E-state index in [0.717, 1.165) is 37.7 Å². The highest BCUT2D eigenvalue weighted by atomic mass is 19.4. The average molecular weight is 585 g/mol. The minimum Gasteiger partial charge on any atom is -0.478 e. The summed E-state index contributed by atoms with van der Waals surface area (Å²) in [6.45, 7) is 4.14. The number of carboxylic acid groups (broad SMARTS) is 1. The lowest BCUT2D eigenvalue weighted by molar-refractivity contribution is -0.206. The molecule has 0 bridgehead atoms. The van der Waals surface area contributed by atoms with Crippen LogP contribution in [0, 0.1) is 0 Å². The number of aryl methyl sites for hydroxylation is 1. The zero-order chi connectivity index (χ0) is 30.5. The Morgan fingerprint density at radius 1 is 0.833 bits per heavy atom. The third-order valence-electron chi connectivity index (χ3n) is 7.15. The first-order valence-electron chi connectivity index (χ1n) is 14.7. The molecule has 0 saturated carbocycles. The molecule has 0 aliphatic rings. The molecule has 0 aliphatic heterocycles. The lowest BCUT2D eigenvalue weighted by atomic mass is 9.96. The Balaban J connectivity index is 1.76. The summed E-state index contributed by atoms with van der Waals surface area (Å²) in [5, 5.41) is 9.77. The summed E-state index contributed by atoms with van der Waals surface area (Å²) in [6.07, 6.45) is 5.84. The first kappa shape index (κ1) is 32.8. The maximum Gasteiger partial charge on any atom is 0.425 e. The van der Waals surface area contributed by atoms with E-state index in [2.05, 4.69) is 16.9 Å². The largest absolute Gasteiger partial charge is 0.478 e. The van der Waals surface area contributed by atoms with Crippen molar-refractivity contribution in [1.29, 1.82) is 0 Å². The van der Waals surface area contributed by atoms with Gasteiger partial charge in [0.15, 0.2) is 11.9 Å². The van der Waals surface area contributed by atoms with Crippen molar-refractivity contribution in [3.63, 3.8) is 0 Å². The van der Waals surface area contributed by atoms with Gasteiger partial charge < -0.3 is 9.84 Å². The number of halogens is 3. The van der Waals surface area contributed by atoms with Crippen LogP contribution in [0.4, 0.5) is 13.2 Å². The van der Waals surface area contributed by atoms with Crippen LogP contribution in [0.2, 0.25) is 0 Å². The topological polar surface area (TPSA) is 89.4 Å². The second-order valence-electron chi connectivity index (χ2n) is 10.5. The Morgan fingerprint density at radius 2 is 1.43 bits per heavy atom. The van der Waals surface area contributed by atoms with Gasteiger partial charge in [0, 0.05) is 18.0 Å². The zero-order valence-corrected chi connectivity index (χ0v) is 24.3. The quantitative estimate of drug-likeness (QED) is 0.133. The number of hydrogen-bond acceptors (Lipinski definition) is 5. The maximum atomic E-state index is 13.5. The highest BCUT2D eigenvalue weighted by Crippen LogP contribution is 2.31. The van der Waals surface area contributed by atoms with E-state index in [-0.39, 0.29) is 17.5 Å². The molecule has 1 atom stereocenters. The van der Waals surface area contributed by atoms with Crippen LogP contribution in [0.3, 0.4) is 0 Å². The lowest BCUT2D eigenvalue weighted by Crippen LogP contribution is -2.33. The fraction of sp³-hybridized carbons (Fsp3) is 0.455. The summed E-state index contributed by atoms with van der Waals surface area (Å²) < 4.78 is 45.2. The van der Waals surface area contributed by atoms with Crippen LogP contribution in [0.5, 0.6) is 0 Å². The van der Waals surface area contributed by atoms with Crippen molar-refractivity contribution in [1.82, 2.24) is 9.97 Å². The van der Waals surface area contributed by atoms with Crippen molar-refractivity contribution < 1.29 is 32.6 Å². The second-order valence-corrected chi connectivity index (χ2v) is 10.5. The first-order valence-corrected chi connectivity index (χ1v) is 14.7. The Labute approximate surface area is 245 Å². The molecule has 6 nitrogen and oxygen atoms in total. The molecule has 1 N–H and O–H groups in total. The molecular weight excluding hydrogens is 545 g/mol. The Bertz CT molecular complexity index is 1290. The molecule has 3 aromatic rings. The molecule has 0 aliphatic carbocycles. The second kappa shape index (κ2) is 16.0. The smallest absolute Gasteiger partial charge is 0.425 e. The molecule has 0 spiro atoms. The fourth-order valence-corrected chi connectivity index (χ4v) is 4.70. The molecule has 9 heteroatoms. The molecular formula is C33H39F3N2O4. The van der Waals surface area contributed by atoms with Crippen LogP contribution >= 0.6 is 0 Å². The lowest BCUT2D eigenvalue weighted by Gasteiger charge is -2.20. The van der Waals surface area contributed by atoms with Gasteiger partial charge in [-0.1, -0.05) is 77.0 Å². The fourth-order valence-electron chi connectivity index (χ4n) is 4.70. The SMILES string of the molecule is CCCCCCCc1cnc(-c2ccc(C(=O)O)c(-c3ccc(C(=O)OC(CCCCCC)C(F)(F)F)cc3)c2)nc1. The van der Waals surface area contributed by atoms with Gasteiger partial charge in [0.25, 0.3) is 0 Å². The van der Waals surface area contributed by atoms with Crippen LogP contribution in [0.15, 0.2) is 54.9 Å². The van der Waals surface area contributed by atoms with Gasteiger partial charge >= 0.3 is 18.1 Å². The molecule has 0 amide bonds. The number of carbonyl (C=O) groups is 2. The number of carbonyl (C=O) groups excluding carboxylic acids is 1. The predicted octanol–water partition coefficient (Wildman–Crippen LogP) is 9.08. The molecule has 0 saturated heterocycles. The monoisotopic (exact) mass is 584 g/mol. The third-order valence-corrected chi connectivity index (χ3v) is 7.15. The normalized spacial score (nSPS) is 12.2. The number of rotatable bonds is 16. The zero-order valence-electron chi connectivity index (χ0n) is 24.3. The summed E-state index contributed by atoms with van der Waals surface area (Å²) in [5.74, 6) is -1.78. The first-order chi connectivity index (χ1) is 20.1. The van der Waals surface area contributed by atoms with Crippen LogP contribution in [-0.4, -0.2) is 39.3 Å². The van der Waals surface area contributed by atoms with Gasteiger partial charge in [-0.2, -0.15) is 13.2 Å². The number of alkyl halides is 3. The number of nitrogens with zero attached hydrogens (tertiary/aromatic N) is 2. The van der Waals surface area contributed by atoms with Crippen LogP contribution in [0.1, 0.15) is 104 Å². The Hall–Kier alpha value is -3.75. The Morgan fingerprint density at radius 3 is 2.02 bits per heavy atom. The summed E-state index contributed by atoms with van der Waals surface area (Å²) in [5.41, 5.74) is 2.47. The molecule has 0 radical (unpaired) electrons. The summed E-state index contributed by atoms with van der Waals surface area (Å²) in [6, 6.07) is 10.4. The van der Waals surface area contributed by atoms with Gasteiger partial charge in [0.1, 0.15) is 0 Å². The van der Waals surface area contributed by atoms with Gasteiger partial charge in [0.2, 0.25) is 0 Å². The number of esters is 1. The average Bonchev–Trinajstić information content (AvgIpc) is 2.98. The molecule has 2 aromatic carbocycles. The highest BCUT2D eigenvalue weighted by molar-refractivity contribution is 5.97. The van der Waals surface area contributed by atoms with Crippen molar-refractivity contribution in [2.24, 2.45) is 0 Å². The van der Waals surface area contributed by atoms with E-state index in [1.807, 2.05) is 6.92 Å². The van der Waals surface area contributed by atoms with Crippen molar-refractivity contribution >= 4 is 11.9 Å². The number of benzene rings is 2. The minimum atomic E-state index is -4.66. The van der Waals surface area contributed by atoms with Gasteiger partial charge in [-0.15, -0.1) is 0 Å². The van der Waals surface area contributed by atoms with E-state index in [9.17, 15) is 27.9 Å². The molecule has 3 rings (SSSR count). The number of hydrogen-bond donors (Lipinski definition) is 1. The van der Waals surface area contributed by atoms with Crippen molar-refractivity contribution in [2.45, 2.75) is 96.8 Å². The van der Waals surface area contributed by atoms with Gasteiger partial charge in [-0.05, 0) is 66.6 Å². The number of aromatic carboxylic acids is 1. The standard InChI is InChI=1S/C33H39F3N2O4/c1-3-5-7-9-10-12-23-21-37-30(38-22-23)26-18-19-27(31(39)40)28(20-26)24-14-16-25(17-15-24)32(41)42-29(33(34,35)36)13-11-8-6-4-2/h14-22,29H,3-13H2,1-2H3,(H,39,40). The van der Waals surface area contributed by atoms with Crippen molar-refractivity contribution in [3.05, 3.63) is 71.5 Å². The molecule has 226 valence electrons. The van der Waals surface area contributed by atoms with Crippen LogP contribution < -0.4 is 0 Å². The summed E-state index contributed by atoms with van der Waals surface area (Å²) >= 11 is 0.